The minimum atomic E-state index is 0.00445. The molecular formula is C14H26BrNO2. The van der Waals surface area contributed by atoms with Gasteiger partial charge in [-0.25, -0.2) is 0 Å². The van der Waals surface area contributed by atoms with E-state index in [1.54, 1.807) is 0 Å². The number of hydrogen-bond donors (Lipinski definition) is 0. The van der Waals surface area contributed by atoms with Crippen molar-refractivity contribution in [3.8, 4) is 0 Å². The molecule has 106 valence electrons. The largest absolute Gasteiger partial charge is 0.466 e. The Kier molecular flexibility index (Phi) is 7.91. The van der Waals surface area contributed by atoms with Crippen LogP contribution in [-0.4, -0.2) is 42.4 Å². The molecular weight excluding hydrogens is 294 g/mol. The van der Waals surface area contributed by atoms with Crippen molar-refractivity contribution in [2.75, 3.05) is 31.6 Å². The average Bonchev–Trinajstić information content (AvgIpc) is 2.37. The third kappa shape index (κ3) is 5.70. The Labute approximate surface area is 119 Å². The van der Waals surface area contributed by atoms with Gasteiger partial charge in [-0.1, -0.05) is 22.9 Å². The highest BCUT2D eigenvalue weighted by Crippen LogP contribution is 2.20. The lowest BCUT2D eigenvalue weighted by molar-refractivity contribution is -0.149. The zero-order valence-electron chi connectivity index (χ0n) is 11.7. The molecule has 0 aromatic rings. The first-order valence-electron chi connectivity index (χ1n) is 7.12. The number of likely N-dealkylation sites (tertiary alicyclic amines) is 1. The maximum Gasteiger partial charge on any atom is 0.309 e. The highest BCUT2D eigenvalue weighted by molar-refractivity contribution is 9.09. The molecule has 0 aromatic heterocycles. The Morgan fingerprint density at radius 3 is 2.61 bits per heavy atom. The SMILES string of the molecule is CCOC(=O)C1CCN(CCC(C)CCBr)CC1. The molecule has 1 rings (SSSR count). The van der Waals surface area contributed by atoms with Crippen LogP contribution in [-0.2, 0) is 9.53 Å². The van der Waals surface area contributed by atoms with Gasteiger partial charge in [-0.05, 0) is 58.2 Å². The Hall–Kier alpha value is -0.0900. The Balaban J connectivity index is 2.17. The zero-order valence-corrected chi connectivity index (χ0v) is 13.2. The molecule has 1 unspecified atom stereocenters. The molecule has 0 bridgehead atoms. The first-order chi connectivity index (χ1) is 8.67. The van der Waals surface area contributed by atoms with Gasteiger partial charge in [0.25, 0.3) is 0 Å². The van der Waals surface area contributed by atoms with Crippen LogP contribution in [0, 0.1) is 11.8 Å². The number of halogens is 1. The molecule has 1 heterocycles. The van der Waals surface area contributed by atoms with Crippen molar-refractivity contribution < 1.29 is 9.53 Å². The van der Waals surface area contributed by atoms with Crippen LogP contribution in [0.2, 0.25) is 0 Å². The molecule has 1 saturated heterocycles. The summed E-state index contributed by atoms with van der Waals surface area (Å²) >= 11 is 3.49. The predicted molar refractivity (Wildman–Crippen MR) is 78.0 cm³/mol. The van der Waals surface area contributed by atoms with E-state index in [1.165, 1.54) is 19.4 Å². The van der Waals surface area contributed by atoms with Crippen molar-refractivity contribution >= 4 is 21.9 Å². The third-order valence-electron chi connectivity index (χ3n) is 3.75. The topological polar surface area (TPSA) is 29.5 Å². The fourth-order valence-corrected chi connectivity index (χ4v) is 3.17. The van der Waals surface area contributed by atoms with Gasteiger partial charge in [0.15, 0.2) is 0 Å². The van der Waals surface area contributed by atoms with Crippen LogP contribution in [0.25, 0.3) is 0 Å². The lowest BCUT2D eigenvalue weighted by atomic mass is 9.96. The molecule has 0 aromatic carbocycles. The molecule has 1 aliphatic rings. The molecule has 1 fully saturated rings. The second-order valence-electron chi connectivity index (χ2n) is 5.24. The molecule has 0 aliphatic carbocycles. The summed E-state index contributed by atoms with van der Waals surface area (Å²) in [6.45, 7) is 7.95. The van der Waals surface area contributed by atoms with Gasteiger partial charge in [-0.3, -0.25) is 4.79 Å². The molecule has 1 aliphatic heterocycles. The summed E-state index contributed by atoms with van der Waals surface area (Å²) in [5.41, 5.74) is 0. The molecule has 0 saturated carbocycles. The monoisotopic (exact) mass is 319 g/mol. The first kappa shape index (κ1) is 16.0. The van der Waals surface area contributed by atoms with E-state index in [4.69, 9.17) is 4.74 Å². The van der Waals surface area contributed by atoms with Crippen molar-refractivity contribution in [3.63, 3.8) is 0 Å². The van der Waals surface area contributed by atoms with Gasteiger partial charge < -0.3 is 9.64 Å². The van der Waals surface area contributed by atoms with Crippen molar-refractivity contribution in [2.45, 2.75) is 39.5 Å². The van der Waals surface area contributed by atoms with Crippen LogP contribution in [0.4, 0.5) is 0 Å². The Morgan fingerprint density at radius 1 is 1.39 bits per heavy atom. The number of carbonyl (C=O) groups excluding carboxylic acids is 1. The summed E-state index contributed by atoms with van der Waals surface area (Å²) in [6.07, 6.45) is 4.44. The maximum atomic E-state index is 11.6. The number of rotatable bonds is 7. The average molecular weight is 320 g/mol. The quantitative estimate of drug-likeness (QED) is 0.533. The van der Waals surface area contributed by atoms with E-state index >= 15 is 0 Å². The molecule has 0 radical (unpaired) electrons. The standard InChI is InChI=1S/C14H26BrNO2/c1-3-18-14(17)13-6-10-16(11-7-13)9-5-12(2)4-8-15/h12-13H,3-11H2,1-2H3. The maximum absolute atomic E-state index is 11.6. The number of ether oxygens (including phenoxy) is 1. The highest BCUT2D eigenvalue weighted by atomic mass is 79.9. The molecule has 1 atom stereocenters. The summed E-state index contributed by atoms with van der Waals surface area (Å²) in [5, 5.41) is 1.10. The van der Waals surface area contributed by atoms with Crippen molar-refractivity contribution in [3.05, 3.63) is 0 Å². The summed E-state index contributed by atoms with van der Waals surface area (Å²) in [6, 6.07) is 0. The normalized spacial score (nSPS) is 19.7. The lowest BCUT2D eigenvalue weighted by Gasteiger charge is -2.31. The van der Waals surface area contributed by atoms with Crippen LogP contribution in [0.5, 0.6) is 0 Å². The van der Waals surface area contributed by atoms with E-state index in [1.807, 2.05) is 6.92 Å². The van der Waals surface area contributed by atoms with E-state index in [2.05, 4.69) is 27.8 Å². The van der Waals surface area contributed by atoms with Gasteiger partial charge in [0.2, 0.25) is 0 Å². The van der Waals surface area contributed by atoms with E-state index in [0.717, 1.165) is 37.2 Å². The summed E-state index contributed by atoms with van der Waals surface area (Å²) < 4.78 is 5.08. The minimum absolute atomic E-state index is 0.00445. The van der Waals surface area contributed by atoms with Gasteiger partial charge in [-0.2, -0.15) is 0 Å². The summed E-state index contributed by atoms with van der Waals surface area (Å²) in [5.74, 6) is 0.929. The second kappa shape index (κ2) is 8.92. The van der Waals surface area contributed by atoms with Crippen LogP contribution < -0.4 is 0 Å². The molecule has 0 spiro atoms. The number of hydrogen-bond acceptors (Lipinski definition) is 3. The predicted octanol–water partition coefficient (Wildman–Crippen LogP) is 3.07. The number of alkyl halides is 1. The minimum Gasteiger partial charge on any atom is -0.466 e. The van der Waals surface area contributed by atoms with Crippen LogP contribution >= 0.6 is 15.9 Å². The molecule has 0 N–H and O–H groups in total. The van der Waals surface area contributed by atoms with Gasteiger partial charge in [-0.15, -0.1) is 0 Å². The number of esters is 1. The number of nitrogens with zero attached hydrogens (tertiary/aromatic N) is 1. The number of carbonyl (C=O) groups is 1. The second-order valence-corrected chi connectivity index (χ2v) is 6.03. The smallest absolute Gasteiger partial charge is 0.309 e. The van der Waals surface area contributed by atoms with Gasteiger partial charge in [0.05, 0.1) is 12.5 Å². The van der Waals surface area contributed by atoms with E-state index in [9.17, 15) is 4.79 Å². The van der Waals surface area contributed by atoms with E-state index in [0.29, 0.717) is 6.61 Å². The fraction of sp³-hybridized carbons (Fsp3) is 0.929. The molecule has 3 nitrogen and oxygen atoms in total. The van der Waals surface area contributed by atoms with E-state index in [-0.39, 0.29) is 11.9 Å². The van der Waals surface area contributed by atoms with E-state index < -0.39 is 0 Å². The number of piperidine rings is 1. The molecule has 4 heteroatoms. The third-order valence-corrected chi connectivity index (χ3v) is 4.21. The zero-order chi connectivity index (χ0) is 13.4. The van der Waals surface area contributed by atoms with Gasteiger partial charge in [0.1, 0.15) is 0 Å². The summed E-state index contributed by atoms with van der Waals surface area (Å²) in [4.78, 5) is 14.1. The van der Waals surface area contributed by atoms with Crippen LogP contribution in [0.15, 0.2) is 0 Å². The van der Waals surface area contributed by atoms with Crippen LogP contribution in [0.3, 0.4) is 0 Å². The van der Waals surface area contributed by atoms with Crippen molar-refractivity contribution in [2.24, 2.45) is 11.8 Å². The Morgan fingerprint density at radius 2 is 2.06 bits per heavy atom. The summed E-state index contributed by atoms with van der Waals surface area (Å²) in [7, 11) is 0. The van der Waals surface area contributed by atoms with Crippen molar-refractivity contribution in [1.29, 1.82) is 0 Å². The van der Waals surface area contributed by atoms with Gasteiger partial charge in [0, 0.05) is 5.33 Å². The Bertz CT molecular complexity index is 240. The highest BCUT2D eigenvalue weighted by Gasteiger charge is 2.25. The lowest BCUT2D eigenvalue weighted by Crippen LogP contribution is -2.37. The van der Waals surface area contributed by atoms with Crippen LogP contribution in [0.1, 0.15) is 39.5 Å². The first-order valence-corrected chi connectivity index (χ1v) is 8.24. The fourth-order valence-electron chi connectivity index (χ4n) is 2.39. The molecule has 0 amide bonds. The van der Waals surface area contributed by atoms with Crippen molar-refractivity contribution in [1.82, 2.24) is 4.90 Å². The van der Waals surface area contributed by atoms with Gasteiger partial charge >= 0.3 is 5.97 Å². The molecule has 18 heavy (non-hydrogen) atoms.